The summed E-state index contributed by atoms with van der Waals surface area (Å²) in [6, 6.07) is 0. The first-order chi connectivity index (χ1) is 9.40. The van der Waals surface area contributed by atoms with Crippen molar-refractivity contribution in [2.24, 2.45) is 42.9 Å². The molecule has 0 spiro atoms. The van der Waals surface area contributed by atoms with Crippen LogP contribution in [0.15, 0.2) is 20.0 Å². The largest absolute Gasteiger partial charge is 0.370 e. The maximum atomic E-state index is 5.34. The van der Waals surface area contributed by atoms with E-state index in [-0.39, 0.29) is 19.3 Å². The molecule has 124 valence electrons. The van der Waals surface area contributed by atoms with Crippen molar-refractivity contribution < 1.29 is 0 Å². The predicted molar refractivity (Wildman–Crippen MR) is 92.4 cm³/mol. The summed E-state index contributed by atoms with van der Waals surface area (Å²) >= 11 is 0. The lowest BCUT2D eigenvalue weighted by Crippen LogP contribution is -2.41. The molecule has 0 aliphatic carbocycles. The number of guanidine groups is 4. The molecular weight excluding hydrogens is 272 g/mol. The molecule has 0 aromatic rings. The molecule has 0 aliphatic heterocycles. The Balaban J connectivity index is -0.000000295. The molecule has 10 N–H and O–H groups in total. The van der Waals surface area contributed by atoms with Crippen molar-refractivity contribution in [3.05, 3.63) is 0 Å². The van der Waals surface area contributed by atoms with Crippen LogP contribution in [0.5, 0.6) is 0 Å². The highest BCUT2D eigenvalue weighted by atomic mass is 15.2. The van der Waals surface area contributed by atoms with E-state index in [9.17, 15) is 0 Å². The second-order valence-electron chi connectivity index (χ2n) is 3.19. The van der Waals surface area contributed by atoms with E-state index in [0.717, 1.165) is 0 Å². The van der Waals surface area contributed by atoms with Crippen molar-refractivity contribution >= 4 is 23.8 Å². The smallest absolute Gasteiger partial charge is 0.195 e. The highest BCUT2D eigenvalue weighted by Gasteiger charge is 1.90. The minimum Gasteiger partial charge on any atom is -0.370 e. The van der Waals surface area contributed by atoms with Crippen LogP contribution in [0.4, 0.5) is 0 Å². The van der Waals surface area contributed by atoms with Crippen LogP contribution in [0.2, 0.25) is 0 Å². The lowest BCUT2D eigenvalue weighted by Gasteiger charge is -2.01. The average Bonchev–Trinajstić information content (AvgIpc) is 2.39. The van der Waals surface area contributed by atoms with Gasteiger partial charge in [0.2, 0.25) is 0 Å². The third-order valence-corrected chi connectivity index (χ3v) is 1.65. The molecule has 10 heteroatoms. The van der Waals surface area contributed by atoms with Crippen LogP contribution in [0.3, 0.4) is 0 Å². The standard InChI is InChI=1S/2C5H13N5.CH4/c2*1-3-9-5(7)10-4(6)8-2;/h2*3H2,1-2H3,(H5,6,7,8,9,10);1H4. The molecule has 0 amide bonds. The van der Waals surface area contributed by atoms with Crippen LogP contribution in [0.1, 0.15) is 21.3 Å². The zero-order chi connectivity index (χ0) is 16.0. The summed E-state index contributed by atoms with van der Waals surface area (Å²) in [6.07, 6.45) is 0. The van der Waals surface area contributed by atoms with E-state index in [0.29, 0.717) is 25.0 Å². The molecule has 0 aromatic carbocycles. The summed E-state index contributed by atoms with van der Waals surface area (Å²) in [4.78, 5) is 14.9. The zero-order valence-corrected chi connectivity index (χ0v) is 12.5. The molecule has 0 radical (unpaired) electrons. The third kappa shape index (κ3) is 17.5. The van der Waals surface area contributed by atoms with E-state index in [1.807, 2.05) is 13.8 Å². The molecule has 21 heavy (non-hydrogen) atoms. The van der Waals surface area contributed by atoms with Crippen molar-refractivity contribution in [2.75, 3.05) is 27.2 Å². The van der Waals surface area contributed by atoms with Crippen LogP contribution in [-0.4, -0.2) is 51.0 Å². The number of rotatable bonds is 2. The summed E-state index contributed by atoms with van der Waals surface area (Å²) in [5.74, 6) is 1.14. The summed E-state index contributed by atoms with van der Waals surface area (Å²) in [7, 11) is 3.14. The van der Waals surface area contributed by atoms with Crippen molar-refractivity contribution in [2.45, 2.75) is 21.3 Å². The Bertz CT molecular complexity index is 333. The molecule has 0 bridgehead atoms. The van der Waals surface area contributed by atoms with Gasteiger partial charge in [-0.1, -0.05) is 7.43 Å². The van der Waals surface area contributed by atoms with Crippen LogP contribution in [0.25, 0.3) is 0 Å². The minimum atomic E-state index is 0. The second kappa shape index (κ2) is 15.5. The monoisotopic (exact) mass is 302 g/mol. The number of hydrogen-bond donors (Lipinski definition) is 6. The molecule has 0 saturated carbocycles. The van der Waals surface area contributed by atoms with Gasteiger partial charge in [0, 0.05) is 27.2 Å². The first-order valence-electron chi connectivity index (χ1n) is 5.99. The Morgan fingerprint density at radius 2 is 1.00 bits per heavy atom. The lowest BCUT2D eigenvalue weighted by atomic mass is 10.7. The Morgan fingerprint density at radius 3 is 1.19 bits per heavy atom. The number of nitrogens with two attached hydrogens (primary N) is 4. The van der Waals surface area contributed by atoms with Gasteiger partial charge in [-0.15, -0.1) is 0 Å². The van der Waals surface area contributed by atoms with Gasteiger partial charge in [0.15, 0.2) is 23.8 Å². The second-order valence-corrected chi connectivity index (χ2v) is 3.19. The SMILES string of the molecule is C.CCN=C(N)NC(N)=NC.CCN=C(N)NC(N)=NC. The number of nitrogens with one attached hydrogen (secondary N) is 2. The number of nitrogens with zero attached hydrogens (tertiary/aromatic N) is 4. The van der Waals surface area contributed by atoms with E-state index in [1.54, 1.807) is 14.1 Å². The number of aliphatic imine (C=N–C) groups is 4. The molecule has 0 aliphatic rings. The van der Waals surface area contributed by atoms with Crippen LogP contribution >= 0.6 is 0 Å². The van der Waals surface area contributed by atoms with Gasteiger partial charge in [-0.2, -0.15) is 0 Å². The topological polar surface area (TPSA) is 178 Å². The van der Waals surface area contributed by atoms with Crippen molar-refractivity contribution in [1.82, 2.24) is 10.6 Å². The molecule has 0 saturated heterocycles. The summed E-state index contributed by atoms with van der Waals surface area (Å²) in [5, 5.41) is 5.17. The molecule has 0 fully saturated rings. The first kappa shape index (κ1) is 23.6. The van der Waals surface area contributed by atoms with E-state index < -0.39 is 0 Å². The first-order valence-corrected chi connectivity index (χ1v) is 5.99. The van der Waals surface area contributed by atoms with Gasteiger partial charge < -0.3 is 22.9 Å². The van der Waals surface area contributed by atoms with Crippen LogP contribution in [0, 0.1) is 0 Å². The van der Waals surface area contributed by atoms with Gasteiger partial charge in [0.1, 0.15) is 0 Å². The van der Waals surface area contributed by atoms with Gasteiger partial charge in [-0.05, 0) is 13.8 Å². The normalized spacial score (nSPS) is 12.8. The van der Waals surface area contributed by atoms with Gasteiger partial charge in [-0.3, -0.25) is 30.6 Å². The van der Waals surface area contributed by atoms with Gasteiger partial charge in [0.25, 0.3) is 0 Å². The molecule has 0 rings (SSSR count). The predicted octanol–water partition coefficient (Wildman–Crippen LogP) is -1.65. The van der Waals surface area contributed by atoms with Gasteiger partial charge in [0.05, 0.1) is 0 Å². The van der Waals surface area contributed by atoms with Crippen LogP contribution < -0.4 is 33.6 Å². The number of hydrogen-bond acceptors (Lipinski definition) is 4. The Hall–Kier alpha value is -2.52. The van der Waals surface area contributed by atoms with E-state index in [1.165, 1.54) is 0 Å². The summed E-state index contributed by atoms with van der Waals surface area (Å²) in [5.41, 5.74) is 21.2. The molecular formula is C11H30N10. The van der Waals surface area contributed by atoms with Gasteiger partial charge >= 0.3 is 0 Å². The average molecular weight is 302 g/mol. The quantitative estimate of drug-likeness (QED) is 0.262. The maximum Gasteiger partial charge on any atom is 0.195 e. The fraction of sp³-hybridized carbons (Fsp3) is 0.636. The van der Waals surface area contributed by atoms with Gasteiger partial charge in [-0.25, -0.2) is 0 Å². The maximum absolute atomic E-state index is 5.34. The van der Waals surface area contributed by atoms with E-state index >= 15 is 0 Å². The fourth-order valence-electron chi connectivity index (χ4n) is 0.794. The summed E-state index contributed by atoms with van der Waals surface area (Å²) in [6.45, 7) is 5.04. The molecule has 0 aromatic heterocycles. The summed E-state index contributed by atoms with van der Waals surface area (Å²) < 4.78 is 0. The van der Waals surface area contributed by atoms with Crippen molar-refractivity contribution in [3.8, 4) is 0 Å². The molecule has 0 unspecified atom stereocenters. The third-order valence-electron chi connectivity index (χ3n) is 1.65. The highest BCUT2D eigenvalue weighted by molar-refractivity contribution is 5.97. The minimum absolute atomic E-state index is 0. The Morgan fingerprint density at radius 1 is 0.714 bits per heavy atom. The fourth-order valence-corrected chi connectivity index (χ4v) is 0.794. The Labute approximate surface area is 126 Å². The lowest BCUT2D eigenvalue weighted by molar-refractivity contribution is 1.08. The Kier molecular flexibility index (Phi) is 17.4. The van der Waals surface area contributed by atoms with Crippen LogP contribution in [-0.2, 0) is 0 Å². The van der Waals surface area contributed by atoms with E-state index in [4.69, 9.17) is 22.9 Å². The van der Waals surface area contributed by atoms with Crippen molar-refractivity contribution in [3.63, 3.8) is 0 Å². The molecule has 10 nitrogen and oxygen atoms in total. The molecule has 0 atom stereocenters. The zero-order valence-electron chi connectivity index (χ0n) is 12.5. The van der Waals surface area contributed by atoms with E-state index in [2.05, 4.69) is 30.6 Å². The highest BCUT2D eigenvalue weighted by Crippen LogP contribution is 1.66. The molecule has 0 heterocycles. The van der Waals surface area contributed by atoms with Crippen molar-refractivity contribution in [1.29, 1.82) is 0 Å².